The van der Waals surface area contributed by atoms with E-state index in [1.54, 1.807) is 0 Å². The van der Waals surface area contributed by atoms with Crippen molar-refractivity contribution < 1.29 is 28.4 Å². The van der Waals surface area contributed by atoms with E-state index in [2.05, 4.69) is 0 Å². The molecule has 0 radical (unpaired) electrons. The molecule has 0 aliphatic carbocycles. The second kappa shape index (κ2) is 5.38. The highest BCUT2D eigenvalue weighted by Gasteiger charge is 2.26. The predicted octanol–water partition coefficient (Wildman–Crippen LogP) is 1.03. The van der Waals surface area contributed by atoms with Crippen molar-refractivity contribution in [2.45, 2.75) is 0 Å². The van der Waals surface area contributed by atoms with Crippen LogP contribution < -0.4 is 0 Å². The third-order valence-electron chi connectivity index (χ3n) is 2.18. The fourth-order valence-corrected chi connectivity index (χ4v) is 1.34. The van der Waals surface area contributed by atoms with Crippen molar-refractivity contribution in [2.24, 2.45) is 0 Å². The van der Waals surface area contributed by atoms with E-state index in [1.165, 1.54) is 0 Å². The first-order valence-corrected chi connectivity index (χ1v) is 4.84. The molecule has 1 aromatic carbocycles. The van der Waals surface area contributed by atoms with Crippen molar-refractivity contribution in [1.82, 2.24) is 4.90 Å². The van der Waals surface area contributed by atoms with E-state index in [1.807, 2.05) is 0 Å². The number of carbonyl (C=O) groups is 2. The zero-order valence-corrected chi connectivity index (χ0v) is 9.59. The van der Waals surface area contributed by atoms with Gasteiger partial charge in [0.25, 0.3) is 11.6 Å². The maximum Gasteiger partial charge on any atom is 0.323 e. The summed E-state index contributed by atoms with van der Waals surface area (Å²) in [6.07, 6.45) is 0. The number of likely N-dealkylation sites (N-methyl/N-ethyl adjacent to an activating group) is 1. The van der Waals surface area contributed by atoms with Crippen LogP contribution >= 0.6 is 0 Å². The molecule has 0 saturated heterocycles. The first-order valence-electron chi connectivity index (χ1n) is 4.84. The molecule has 0 aliphatic heterocycles. The van der Waals surface area contributed by atoms with Crippen LogP contribution in [0.4, 0.5) is 14.5 Å². The van der Waals surface area contributed by atoms with Gasteiger partial charge in [0.1, 0.15) is 12.1 Å². The zero-order valence-electron chi connectivity index (χ0n) is 9.59. The normalized spacial score (nSPS) is 10.1. The number of nitro groups is 1. The number of amides is 1. The van der Waals surface area contributed by atoms with Crippen LogP contribution in [0.2, 0.25) is 0 Å². The molecule has 0 unspecified atom stereocenters. The number of hydrogen-bond donors (Lipinski definition) is 1. The average Bonchev–Trinajstić information content (AvgIpc) is 2.29. The van der Waals surface area contributed by atoms with Gasteiger partial charge in [0.05, 0.1) is 11.0 Å². The molecule has 7 nitrogen and oxygen atoms in total. The summed E-state index contributed by atoms with van der Waals surface area (Å²) in [5.41, 5.74) is -1.64. The molecule has 0 saturated carbocycles. The fraction of sp³-hybridized carbons (Fsp3) is 0.200. The molecular formula is C10H8F2N2O5. The molecule has 102 valence electrons. The van der Waals surface area contributed by atoms with Gasteiger partial charge in [-0.3, -0.25) is 19.7 Å². The van der Waals surface area contributed by atoms with Crippen molar-refractivity contribution >= 4 is 17.6 Å². The number of nitro benzene ring substituents is 1. The SMILES string of the molecule is CN(CC(=O)O)C(=O)c1cc(F)c(F)cc1[N+](=O)[O-]. The Bertz CT molecular complexity index is 561. The molecule has 0 aromatic heterocycles. The number of hydrogen-bond acceptors (Lipinski definition) is 4. The Balaban J connectivity index is 3.25. The van der Waals surface area contributed by atoms with Gasteiger partial charge in [-0.15, -0.1) is 0 Å². The van der Waals surface area contributed by atoms with E-state index in [0.717, 1.165) is 7.05 Å². The van der Waals surface area contributed by atoms with Gasteiger partial charge in [-0.1, -0.05) is 0 Å². The highest BCUT2D eigenvalue weighted by Crippen LogP contribution is 2.23. The van der Waals surface area contributed by atoms with Gasteiger partial charge >= 0.3 is 5.97 Å². The lowest BCUT2D eigenvalue weighted by atomic mass is 10.1. The summed E-state index contributed by atoms with van der Waals surface area (Å²) in [5.74, 6) is -5.34. The molecule has 1 N–H and O–H groups in total. The van der Waals surface area contributed by atoms with E-state index < -0.39 is 46.2 Å². The summed E-state index contributed by atoms with van der Waals surface area (Å²) in [7, 11) is 1.07. The van der Waals surface area contributed by atoms with E-state index >= 15 is 0 Å². The van der Waals surface area contributed by atoms with Crippen molar-refractivity contribution in [1.29, 1.82) is 0 Å². The topological polar surface area (TPSA) is 101 Å². The number of benzene rings is 1. The van der Waals surface area contributed by atoms with Gasteiger partial charge in [0.15, 0.2) is 11.6 Å². The summed E-state index contributed by atoms with van der Waals surface area (Å²) >= 11 is 0. The quantitative estimate of drug-likeness (QED) is 0.652. The van der Waals surface area contributed by atoms with Gasteiger partial charge in [-0.25, -0.2) is 8.78 Å². The van der Waals surface area contributed by atoms with Crippen molar-refractivity contribution in [3.8, 4) is 0 Å². The Kier molecular flexibility index (Phi) is 4.10. The minimum atomic E-state index is -1.47. The molecule has 19 heavy (non-hydrogen) atoms. The van der Waals surface area contributed by atoms with Gasteiger partial charge in [0.2, 0.25) is 0 Å². The molecule has 0 aliphatic rings. The van der Waals surface area contributed by atoms with Gasteiger partial charge in [-0.05, 0) is 6.07 Å². The lowest BCUT2D eigenvalue weighted by molar-refractivity contribution is -0.385. The van der Waals surface area contributed by atoms with E-state index in [-0.39, 0.29) is 6.07 Å². The Morgan fingerprint density at radius 1 is 1.37 bits per heavy atom. The van der Waals surface area contributed by atoms with Gasteiger partial charge in [-0.2, -0.15) is 0 Å². The number of carboxylic acids is 1. The van der Waals surface area contributed by atoms with E-state index in [4.69, 9.17) is 5.11 Å². The first-order chi connectivity index (χ1) is 8.73. The number of nitrogens with zero attached hydrogens (tertiary/aromatic N) is 2. The molecule has 0 spiro atoms. The Labute approximate surface area is 105 Å². The standard InChI is InChI=1S/C10H8F2N2O5/c1-13(4-9(15)16)10(17)5-2-6(11)7(12)3-8(5)14(18)19/h2-3H,4H2,1H3,(H,15,16). The summed E-state index contributed by atoms with van der Waals surface area (Å²) < 4.78 is 25.9. The molecule has 0 bridgehead atoms. The van der Waals surface area contributed by atoms with Crippen molar-refractivity contribution in [2.75, 3.05) is 13.6 Å². The van der Waals surface area contributed by atoms with Crippen LogP contribution in [0.25, 0.3) is 0 Å². The lowest BCUT2D eigenvalue weighted by Crippen LogP contribution is -2.32. The van der Waals surface area contributed by atoms with Crippen LogP contribution in [0, 0.1) is 21.7 Å². The maximum atomic E-state index is 13.0. The fourth-order valence-electron chi connectivity index (χ4n) is 1.34. The monoisotopic (exact) mass is 274 g/mol. The number of carboxylic acid groups (broad SMARTS) is 1. The first kappa shape index (κ1) is 14.5. The largest absolute Gasteiger partial charge is 0.480 e. The van der Waals surface area contributed by atoms with E-state index in [9.17, 15) is 28.5 Å². The van der Waals surface area contributed by atoms with Crippen LogP contribution in [0.1, 0.15) is 10.4 Å². The second-order valence-corrected chi connectivity index (χ2v) is 3.60. The molecule has 0 atom stereocenters. The van der Waals surface area contributed by atoms with Crippen LogP contribution in [0.3, 0.4) is 0 Å². The highest BCUT2D eigenvalue weighted by molar-refractivity contribution is 5.99. The minimum absolute atomic E-state index is 0.275. The summed E-state index contributed by atoms with van der Waals surface area (Å²) in [5, 5.41) is 19.2. The molecule has 9 heteroatoms. The molecule has 0 fully saturated rings. The number of rotatable bonds is 4. The molecule has 1 amide bonds. The lowest BCUT2D eigenvalue weighted by Gasteiger charge is -2.14. The van der Waals surface area contributed by atoms with Crippen LogP contribution in [0.15, 0.2) is 12.1 Å². The van der Waals surface area contributed by atoms with Crippen molar-refractivity contribution in [3.05, 3.63) is 39.4 Å². The summed E-state index contributed by atoms with van der Waals surface area (Å²) in [6, 6.07) is 0.644. The Morgan fingerprint density at radius 3 is 2.37 bits per heavy atom. The van der Waals surface area contributed by atoms with Crippen LogP contribution in [-0.4, -0.2) is 40.4 Å². The van der Waals surface area contributed by atoms with Crippen molar-refractivity contribution in [3.63, 3.8) is 0 Å². The molecule has 1 rings (SSSR count). The smallest absolute Gasteiger partial charge is 0.323 e. The third kappa shape index (κ3) is 3.21. The third-order valence-corrected chi connectivity index (χ3v) is 2.18. The Hall–Kier alpha value is -2.58. The van der Waals surface area contributed by atoms with Gasteiger partial charge in [0, 0.05) is 7.05 Å². The molecule has 0 heterocycles. The number of halogens is 2. The van der Waals surface area contributed by atoms with Crippen LogP contribution in [0.5, 0.6) is 0 Å². The van der Waals surface area contributed by atoms with Gasteiger partial charge < -0.3 is 10.0 Å². The zero-order chi connectivity index (χ0) is 14.7. The Morgan fingerprint density at radius 2 is 1.89 bits per heavy atom. The minimum Gasteiger partial charge on any atom is -0.480 e. The van der Waals surface area contributed by atoms with E-state index in [0.29, 0.717) is 11.0 Å². The van der Waals surface area contributed by atoms with Crippen LogP contribution in [-0.2, 0) is 4.79 Å². The number of aliphatic carboxylic acids is 1. The second-order valence-electron chi connectivity index (χ2n) is 3.60. The average molecular weight is 274 g/mol. The highest BCUT2D eigenvalue weighted by atomic mass is 19.2. The predicted molar refractivity (Wildman–Crippen MR) is 57.6 cm³/mol. The molecule has 1 aromatic rings. The summed E-state index contributed by atoms with van der Waals surface area (Å²) in [6.45, 7) is -0.727. The maximum absolute atomic E-state index is 13.0. The number of carbonyl (C=O) groups excluding carboxylic acids is 1. The molecular weight excluding hydrogens is 266 g/mol. The summed E-state index contributed by atoms with van der Waals surface area (Å²) in [4.78, 5) is 32.4.